The lowest BCUT2D eigenvalue weighted by atomic mass is 10.2. The van der Waals surface area contributed by atoms with Gasteiger partial charge < -0.3 is 10.6 Å². The zero-order valence-electron chi connectivity index (χ0n) is 11.1. The van der Waals surface area contributed by atoms with Crippen molar-refractivity contribution in [3.63, 3.8) is 0 Å². The van der Waals surface area contributed by atoms with Crippen LogP contribution >= 0.6 is 0 Å². The molecule has 0 aliphatic rings. The van der Waals surface area contributed by atoms with Crippen molar-refractivity contribution in [2.75, 3.05) is 11.9 Å². The molecule has 0 radical (unpaired) electrons. The minimum Gasteiger partial charge on any atom is -0.369 e. The second kappa shape index (κ2) is 6.60. The fourth-order valence-electron chi connectivity index (χ4n) is 1.60. The third-order valence-electron chi connectivity index (χ3n) is 2.62. The van der Waals surface area contributed by atoms with E-state index in [4.69, 9.17) is 0 Å². The van der Waals surface area contributed by atoms with Gasteiger partial charge in [-0.2, -0.15) is 0 Å². The Morgan fingerprint density at radius 3 is 2.50 bits per heavy atom. The molecule has 2 N–H and O–H groups in total. The van der Waals surface area contributed by atoms with E-state index in [0.29, 0.717) is 12.4 Å². The molecule has 0 unspecified atom stereocenters. The zero-order chi connectivity index (χ0) is 14.4. The highest BCUT2D eigenvalue weighted by Gasteiger charge is 2.07. The van der Waals surface area contributed by atoms with Crippen LogP contribution in [-0.2, 0) is 6.54 Å². The molecule has 1 amide bonds. The quantitative estimate of drug-likeness (QED) is 0.875. The van der Waals surface area contributed by atoms with E-state index in [0.717, 1.165) is 12.1 Å². The highest BCUT2D eigenvalue weighted by molar-refractivity contribution is 5.92. The molecular formula is C14H15FN4O. The van der Waals surface area contributed by atoms with Gasteiger partial charge in [0, 0.05) is 13.1 Å². The molecule has 20 heavy (non-hydrogen) atoms. The number of hydrogen-bond acceptors (Lipinski definition) is 4. The maximum atomic E-state index is 12.7. The molecule has 0 saturated heterocycles. The van der Waals surface area contributed by atoms with Crippen molar-refractivity contribution in [1.29, 1.82) is 0 Å². The molecule has 0 bridgehead atoms. The van der Waals surface area contributed by atoms with Gasteiger partial charge >= 0.3 is 0 Å². The Morgan fingerprint density at radius 1 is 1.15 bits per heavy atom. The van der Waals surface area contributed by atoms with E-state index in [1.54, 1.807) is 24.3 Å². The first-order valence-corrected chi connectivity index (χ1v) is 6.29. The molecule has 1 aromatic heterocycles. The van der Waals surface area contributed by atoms with Gasteiger partial charge in [-0.25, -0.2) is 4.39 Å². The fourth-order valence-corrected chi connectivity index (χ4v) is 1.60. The van der Waals surface area contributed by atoms with Crippen molar-refractivity contribution < 1.29 is 9.18 Å². The van der Waals surface area contributed by atoms with Crippen molar-refractivity contribution >= 4 is 11.7 Å². The highest BCUT2D eigenvalue weighted by atomic mass is 19.1. The summed E-state index contributed by atoms with van der Waals surface area (Å²) in [4.78, 5) is 11.8. The van der Waals surface area contributed by atoms with Crippen LogP contribution in [0.25, 0.3) is 0 Å². The Kier molecular flexibility index (Phi) is 4.60. The first kappa shape index (κ1) is 13.9. The number of amides is 1. The van der Waals surface area contributed by atoms with Crippen molar-refractivity contribution in [2.45, 2.75) is 13.5 Å². The van der Waals surface area contributed by atoms with E-state index in [2.05, 4.69) is 20.8 Å². The monoisotopic (exact) mass is 274 g/mol. The van der Waals surface area contributed by atoms with Gasteiger partial charge in [-0.15, -0.1) is 10.2 Å². The topological polar surface area (TPSA) is 66.9 Å². The summed E-state index contributed by atoms with van der Waals surface area (Å²) < 4.78 is 12.7. The summed E-state index contributed by atoms with van der Waals surface area (Å²) in [6.07, 6.45) is 0. The molecule has 6 heteroatoms. The van der Waals surface area contributed by atoms with Gasteiger partial charge in [0.15, 0.2) is 5.69 Å². The molecular weight excluding hydrogens is 259 g/mol. The molecule has 0 aliphatic carbocycles. The minimum atomic E-state index is -0.315. The van der Waals surface area contributed by atoms with Crippen molar-refractivity contribution in [2.24, 2.45) is 0 Å². The number of halogens is 1. The Hall–Kier alpha value is -2.50. The molecule has 104 valence electrons. The Morgan fingerprint density at radius 2 is 1.90 bits per heavy atom. The van der Waals surface area contributed by atoms with Crippen LogP contribution in [0.2, 0.25) is 0 Å². The van der Waals surface area contributed by atoms with E-state index in [9.17, 15) is 9.18 Å². The number of aromatic nitrogens is 2. The third kappa shape index (κ3) is 3.74. The normalized spacial score (nSPS) is 10.1. The Balaban J connectivity index is 1.92. The molecule has 0 fully saturated rings. The summed E-state index contributed by atoms with van der Waals surface area (Å²) in [5.74, 6) is 0.0115. The summed E-state index contributed by atoms with van der Waals surface area (Å²) in [6, 6.07) is 9.25. The maximum absolute atomic E-state index is 12.7. The van der Waals surface area contributed by atoms with Crippen LogP contribution in [0, 0.1) is 5.82 Å². The van der Waals surface area contributed by atoms with Crippen LogP contribution in [0.15, 0.2) is 36.4 Å². The van der Waals surface area contributed by atoms with Crippen LogP contribution in [0.3, 0.4) is 0 Å². The van der Waals surface area contributed by atoms with Crippen molar-refractivity contribution in [3.8, 4) is 0 Å². The van der Waals surface area contributed by atoms with Crippen molar-refractivity contribution in [3.05, 3.63) is 53.5 Å². The zero-order valence-corrected chi connectivity index (χ0v) is 11.1. The number of carbonyl (C=O) groups is 1. The molecule has 1 heterocycles. The first-order valence-electron chi connectivity index (χ1n) is 6.29. The first-order chi connectivity index (χ1) is 9.69. The number of nitrogens with one attached hydrogen (secondary N) is 2. The van der Waals surface area contributed by atoms with E-state index >= 15 is 0 Å². The highest BCUT2D eigenvalue weighted by Crippen LogP contribution is 2.04. The van der Waals surface area contributed by atoms with Gasteiger partial charge in [-0.05, 0) is 36.8 Å². The molecule has 2 rings (SSSR count). The minimum absolute atomic E-state index is 0.244. The summed E-state index contributed by atoms with van der Waals surface area (Å²) in [5.41, 5.74) is 1.06. The predicted molar refractivity (Wildman–Crippen MR) is 73.8 cm³/mol. The van der Waals surface area contributed by atoms with Gasteiger partial charge in [0.1, 0.15) is 11.6 Å². The number of benzene rings is 1. The maximum Gasteiger partial charge on any atom is 0.272 e. The molecule has 0 aliphatic heterocycles. The summed E-state index contributed by atoms with van der Waals surface area (Å²) >= 11 is 0. The molecule has 1 aromatic carbocycles. The van der Waals surface area contributed by atoms with Crippen molar-refractivity contribution in [1.82, 2.24) is 15.5 Å². The second-order valence-corrected chi connectivity index (χ2v) is 4.14. The number of hydrogen-bond donors (Lipinski definition) is 2. The summed E-state index contributed by atoms with van der Waals surface area (Å²) in [5, 5.41) is 13.4. The summed E-state index contributed by atoms with van der Waals surface area (Å²) in [7, 11) is 0. The lowest BCUT2D eigenvalue weighted by Gasteiger charge is -2.05. The van der Waals surface area contributed by atoms with Crippen LogP contribution in [0.5, 0.6) is 0 Å². The largest absolute Gasteiger partial charge is 0.369 e. The lowest BCUT2D eigenvalue weighted by molar-refractivity contribution is 0.0945. The lowest BCUT2D eigenvalue weighted by Crippen LogP contribution is -2.24. The number of carbonyl (C=O) groups excluding carboxylic acids is 1. The Labute approximate surface area is 116 Å². The second-order valence-electron chi connectivity index (χ2n) is 4.14. The smallest absolute Gasteiger partial charge is 0.272 e. The van der Waals surface area contributed by atoms with Gasteiger partial charge in [0.25, 0.3) is 5.91 Å². The summed E-state index contributed by atoms with van der Waals surface area (Å²) in [6.45, 7) is 3.01. The standard InChI is InChI=1S/C14H15FN4O/c1-2-16-13-8-7-12(18-19-13)14(20)17-9-10-3-5-11(15)6-4-10/h3-8H,2,9H2,1H3,(H,16,19)(H,17,20). The molecule has 5 nitrogen and oxygen atoms in total. The van der Waals surface area contributed by atoms with Crippen LogP contribution < -0.4 is 10.6 Å². The Bertz CT molecular complexity index is 569. The van der Waals surface area contributed by atoms with Gasteiger partial charge in [-0.3, -0.25) is 4.79 Å². The van der Waals surface area contributed by atoms with Crippen LogP contribution in [0.1, 0.15) is 23.0 Å². The number of nitrogens with zero attached hydrogens (tertiary/aromatic N) is 2. The van der Waals surface area contributed by atoms with E-state index in [-0.39, 0.29) is 17.4 Å². The number of rotatable bonds is 5. The molecule has 0 atom stereocenters. The van der Waals surface area contributed by atoms with E-state index in [1.807, 2.05) is 6.92 Å². The SMILES string of the molecule is CCNc1ccc(C(=O)NCc2ccc(F)cc2)nn1. The van der Waals surface area contributed by atoms with Gasteiger partial charge in [-0.1, -0.05) is 12.1 Å². The van der Waals surface area contributed by atoms with Gasteiger partial charge in [0.05, 0.1) is 0 Å². The fraction of sp³-hybridized carbons (Fsp3) is 0.214. The van der Waals surface area contributed by atoms with Gasteiger partial charge in [0.2, 0.25) is 0 Å². The third-order valence-corrected chi connectivity index (χ3v) is 2.62. The molecule has 0 saturated carbocycles. The molecule has 0 spiro atoms. The van der Waals surface area contributed by atoms with Crippen LogP contribution in [-0.4, -0.2) is 22.6 Å². The average molecular weight is 274 g/mol. The number of anilines is 1. The predicted octanol–water partition coefficient (Wildman–Crippen LogP) is 1.98. The average Bonchev–Trinajstić information content (AvgIpc) is 2.47. The molecule has 2 aromatic rings. The van der Waals surface area contributed by atoms with E-state index < -0.39 is 0 Å². The van der Waals surface area contributed by atoms with Crippen LogP contribution in [0.4, 0.5) is 10.2 Å². The van der Waals surface area contributed by atoms with E-state index in [1.165, 1.54) is 12.1 Å².